The smallest absolute Gasteiger partial charge is 0.251 e. The number of rotatable bonds is 9. The SMILES string of the molecule is CCCCOc1ccc(C(=O)NCC2CCCO2)cc1OCC. The summed E-state index contributed by atoms with van der Waals surface area (Å²) in [6.45, 7) is 6.57. The highest BCUT2D eigenvalue weighted by molar-refractivity contribution is 5.94. The molecule has 5 heteroatoms. The minimum atomic E-state index is -0.110. The maximum Gasteiger partial charge on any atom is 0.251 e. The molecule has 23 heavy (non-hydrogen) atoms. The van der Waals surface area contributed by atoms with Gasteiger partial charge in [0, 0.05) is 18.7 Å². The van der Waals surface area contributed by atoms with Crippen molar-refractivity contribution >= 4 is 5.91 Å². The molecule has 1 aromatic carbocycles. The van der Waals surface area contributed by atoms with Gasteiger partial charge in [-0.1, -0.05) is 13.3 Å². The lowest BCUT2D eigenvalue weighted by Gasteiger charge is -2.14. The van der Waals surface area contributed by atoms with Crippen molar-refractivity contribution in [2.45, 2.75) is 45.6 Å². The molecule has 1 aliphatic rings. The van der Waals surface area contributed by atoms with Crippen molar-refractivity contribution in [3.63, 3.8) is 0 Å². The summed E-state index contributed by atoms with van der Waals surface area (Å²) in [6, 6.07) is 5.33. The van der Waals surface area contributed by atoms with Crippen LogP contribution in [0.3, 0.4) is 0 Å². The molecule has 0 saturated carbocycles. The summed E-state index contributed by atoms with van der Waals surface area (Å²) in [4.78, 5) is 12.3. The van der Waals surface area contributed by atoms with Gasteiger partial charge in [0.25, 0.3) is 5.91 Å². The fraction of sp³-hybridized carbons (Fsp3) is 0.611. The van der Waals surface area contributed by atoms with Crippen LogP contribution in [0.1, 0.15) is 49.9 Å². The summed E-state index contributed by atoms with van der Waals surface area (Å²) in [6.07, 6.45) is 4.29. The molecular weight excluding hydrogens is 294 g/mol. The zero-order valence-corrected chi connectivity index (χ0v) is 14.1. The van der Waals surface area contributed by atoms with Gasteiger partial charge in [0.2, 0.25) is 0 Å². The second-order valence-corrected chi connectivity index (χ2v) is 5.64. The maximum atomic E-state index is 12.3. The minimum absolute atomic E-state index is 0.110. The number of benzene rings is 1. The molecule has 1 unspecified atom stereocenters. The molecule has 1 atom stereocenters. The Labute approximate surface area is 138 Å². The molecule has 0 radical (unpaired) electrons. The van der Waals surface area contributed by atoms with Gasteiger partial charge in [0.1, 0.15) is 0 Å². The predicted molar refractivity (Wildman–Crippen MR) is 89.3 cm³/mol. The first-order valence-electron chi connectivity index (χ1n) is 8.54. The lowest BCUT2D eigenvalue weighted by atomic mass is 10.1. The van der Waals surface area contributed by atoms with Crippen molar-refractivity contribution in [2.75, 3.05) is 26.4 Å². The highest BCUT2D eigenvalue weighted by atomic mass is 16.5. The second-order valence-electron chi connectivity index (χ2n) is 5.64. The van der Waals surface area contributed by atoms with Crippen molar-refractivity contribution < 1.29 is 19.0 Å². The highest BCUT2D eigenvalue weighted by Gasteiger charge is 2.17. The molecule has 1 aromatic rings. The van der Waals surface area contributed by atoms with E-state index in [4.69, 9.17) is 14.2 Å². The Kier molecular flexibility index (Phi) is 7.20. The number of hydrogen-bond donors (Lipinski definition) is 1. The summed E-state index contributed by atoms with van der Waals surface area (Å²) in [7, 11) is 0. The number of amides is 1. The Morgan fingerprint density at radius 1 is 1.30 bits per heavy atom. The van der Waals surface area contributed by atoms with Crippen LogP contribution < -0.4 is 14.8 Å². The summed E-state index contributed by atoms with van der Waals surface area (Å²) in [5.41, 5.74) is 0.578. The molecule has 0 aromatic heterocycles. The molecule has 0 spiro atoms. The van der Waals surface area contributed by atoms with Crippen LogP contribution in [0.25, 0.3) is 0 Å². The molecule has 1 heterocycles. The second kappa shape index (κ2) is 9.40. The lowest BCUT2D eigenvalue weighted by molar-refractivity contribution is 0.0857. The van der Waals surface area contributed by atoms with Gasteiger partial charge in [-0.2, -0.15) is 0 Å². The van der Waals surface area contributed by atoms with Crippen LogP contribution in [0, 0.1) is 0 Å². The summed E-state index contributed by atoms with van der Waals surface area (Å²) >= 11 is 0. The van der Waals surface area contributed by atoms with Crippen molar-refractivity contribution in [2.24, 2.45) is 0 Å². The Balaban J connectivity index is 1.97. The third-order valence-electron chi connectivity index (χ3n) is 3.78. The zero-order chi connectivity index (χ0) is 16.5. The first-order chi connectivity index (χ1) is 11.2. The standard InChI is InChI=1S/C18H27NO4/c1-3-5-10-23-16-9-8-14(12-17(16)21-4-2)18(20)19-13-15-7-6-11-22-15/h8-9,12,15H,3-7,10-11,13H2,1-2H3,(H,19,20). The Hall–Kier alpha value is -1.75. The van der Waals surface area contributed by atoms with Crippen LogP contribution in [-0.2, 0) is 4.74 Å². The van der Waals surface area contributed by atoms with E-state index >= 15 is 0 Å². The van der Waals surface area contributed by atoms with Gasteiger partial charge < -0.3 is 19.5 Å². The molecule has 0 aliphatic carbocycles. The van der Waals surface area contributed by atoms with Gasteiger partial charge >= 0.3 is 0 Å². The Morgan fingerprint density at radius 2 is 2.17 bits per heavy atom. The number of carbonyl (C=O) groups excluding carboxylic acids is 1. The van der Waals surface area contributed by atoms with Crippen LogP contribution in [0.4, 0.5) is 0 Å². The first kappa shape index (κ1) is 17.6. The van der Waals surface area contributed by atoms with E-state index in [1.807, 2.05) is 13.0 Å². The van der Waals surface area contributed by atoms with Crippen LogP contribution >= 0.6 is 0 Å². The fourth-order valence-electron chi connectivity index (χ4n) is 2.48. The van der Waals surface area contributed by atoms with Gasteiger partial charge in [-0.3, -0.25) is 4.79 Å². The average Bonchev–Trinajstić information content (AvgIpc) is 3.08. The molecule has 128 valence electrons. The first-order valence-corrected chi connectivity index (χ1v) is 8.54. The highest BCUT2D eigenvalue weighted by Crippen LogP contribution is 2.28. The number of ether oxygens (including phenoxy) is 3. The lowest BCUT2D eigenvalue weighted by Crippen LogP contribution is -2.31. The number of hydrogen-bond acceptors (Lipinski definition) is 4. The van der Waals surface area contributed by atoms with Crippen LogP contribution in [0.2, 0.25) is 0 Å². The quantitative estimate of drug-likeness (QED) is 0.710. The van der Waals surface area contributed by atoms with E-state index in [-0.39, 0.29) is 12.0 Å². The number of unbranched alkanes of at least 4 members (excludes halogenated alkanes) is 1. The number of carbonyl (C=O) groups is 1. The monoisotopic (exact) mass is 321 g/mol. The van der Waals surface area contributed by atoms with Gasteiger partial charge in [0.15, 0.2) is 11.5 Å². The van der Waals surface area contributed by atoms with Crippen molar-refractivity contribution in [1.29, 1.82) is 0 Å². The molecule has 1 N–H and O–H groups in total. The predicted octanol–water partition coefficient (Wildman–Crippen LogP) is 3.17. The van der Waals surface area contributed by atoms with Gasteiger partial charge in [-0.15, -0.1) is 0 Å². The Bertz CT molecular complexity index is 498. The van der Waals surface area contributed by atoms with Crippen LogP contribution in [0.5, 0.6) is 11.5 Å². The van der Waals surface area contributed by atoms with Crippen molar-refractivity contribution in [3.8, 4) is 11.5 Å². The van der Waals surface area contributed by atoms with E-state index < -0.39 is 0 Å². The van der Waals surface area contributed by atoms with E-state index in [1.165, 1.54) is 0 Å². The van der Waals surface area contributed by atoms with E-state index in [2.05, 4.69) is 12.2 Å². The van der Waals surface area contributed by atoms with E-state index in [0.29, 0.717) is 36.8 Å². The number of nitrogens with one attached hydrogen (secondary N) is 1. The molecule has 1 aliphatic heterocycles. The third-order valence-corrected chi connectivity index (χ3v) is 3.78. The normalized spacial score (nSPS) is 17.0. The third kappa shape index (κ3) is 5.43. The molecule has 1 fully saturated rings. The molecule has 2 rings (SSSR count). The van der Waals surface area contributed by atoms with E-state index in [0.717, 1.165) is 32.3 Å². The van der Waals surface area contributed by atoms with Gasteiger partial charge in [-0.25, -0.2) is 0 Å². The topological polar surface area (TPSA) is 56.8 Å². The van der Waals surface area contributed by atoms with Crippen molar-refractivity contribution in [1.82, 2.24) is 5.32 Å². The largest absolute Gasteiger partial charge is 0.490 e. The zero-order valence-electron chi connectivity index (χ0n) is 14.1. The molecule has 1 saturated heterocycles. The molecule has 1 amide bonds. The summed E-state index contributed by atoms with van der Waals surface area (Å²) in [5.74, 6) is 1.20. The Morgan fingerprint density at radius 3 is 2.87 bits per heavy atom. The maximum absolute atomic E-state index is 12.3. The molecule has 5 nitrogen and oxygen atoms in total. The van der Waals surface area contributed by atoms with Crippen LogP contribution in [-0.4, -0.2) is 38.4 Å². The van der Waals surface area contributed by atoms with Crippen LogP contribution in [0.15, 0.2) is 18.2 Å². The summed E-state index contributed by atoms with van der Waals surface area (Å²) < 4.78 is 16.9. The average molecular weight is 321 g/mol. The summed E-state index contributed by atoms with van der Waals surface area (Å²) in [5, 5.41) is 2.92. The fourth-order valence-corrected chi connectivity index (χ4v) is 2.48. The van der Waals surface area contributed by atoms with E-state index in [1.54, 1.807) is 12.1 Å². The van der Waals surface area contributed by atoms with Gasteiger partial charge in [-0.05, 0) is 44.4 Å². The van der Waals surface area contributed by atoms with Gasteiger partial charge in [0.05, 0.1) is 19.3 Å². The minimum Gasteiger partial charge on any atom is -0.490 e. The van der Waals surface area contributed by atoms with E-state index in [9.17, 15) is 4.79 Å². The van der Waals surface area contributed by atoms with Crippen molar-refractivity contribution in [3.05, 3.63) is 23.8 Å². The molecular formula is C18H27NO4. The molecule has 0 bridgehead atoms.